The van der Waals surface area contributed by atoms with E-state index in [-0.39, 0.29) is 5.75 Å². The van der Waals surface area contributed by atoms with Gasteiger partial charge in [-0.05, 0) is 29.8 Å². The van der Waals surface area contributed by atoms with Gasteiger partial charge in [0.1, 0.15) is 0 Å². The van der Waals surface area contributed by atoms with E-state index >= 15 is 0 Å². The van der Waals surface area contributed by atoms with E-state index in [4.69, 9.17) is 23.1 Å². The SMILES string of the molecule is NC(=O)c1ccc(CS(=O)c2c(N)cccc2Cl)cc1. The molecule has 0 saturated heterocycles. The summed E-state index contributed by atoms with van der Waals surface area (Å²) in [4.78, 5) is 11.4. The molecule has 0 aliphatic rings. The van der Waals surface area contributed by atoms with E-state index in [1.807, 2.05) is 0 Å². The van der Waals surface area contributed by atoms with Crippen molar-refractivity contribution in [1.29, 1.82) is 0 Å². The van der Waals surface area contributed by atoms with Crippen LogP contribution >= 0.6 is 11.6 Å². The summed E-state index contributed by atoms with van der Waals surface area (Å²) in [5, 5.41) is 0.386. The van der Waals surface area contributed by atoms with Crippen LogP contribution in [0.15, 0.2) is 47.4 Å². The molecule has 2 aromatic rings. The summed E-state index contributed by atoms with van der Waals surface area (Å²) in [6.45, 7) is 0. The molecule has 0 heterocycles. The van der Waals surface area contributed by atoms with E-state index in [0.717, 1.165) is 5.56 Å². The van der Waals surface area contributed by atoms with Crippen molar-refractivity contribution in [3.8, 4) is 0 Å². The Kier molecular flexibility index (Phi) is 4.42. The molecule has 0 bridgehead atoms. The fourth-order valence-corrected chi connectivity index (χ4v) is 3.45. The van der Waals surface area contributed by atoms with Gasteiger partial charge < -0.3 is 11.5 Å². The van der Waals surface area contributed by atoms with Crippen molar-refractivity contribution in [2.24, 2.45) is 5.73 Å². The predicted molar refractivity (Wildman–Crippen MR) is 80.9 cm³/mol. The highest BCUT2D eigenvalue weighted by Gasteiger charge is 2.13. The number of halogens is 1. The third-order valence-corrected chi connectivity index (χ3v) is 4.69. The molecule has 104 valence electrons. The molecule has 4 nitrogen and oxygen atoms in total. The number of carbonyl (C=O) groups is 1. The molecule has 20 heavy (non-hydrogen) atoms. The average molecular weight is 309 g/mol. The highest BCUT2D eigenvalue weighted by Crippen LogP contribution is 2.27. The van der Waals surface area contributed by atoms with Gasteiger partial charge in [-0.2, -0.15) is 0 Å². The predicted octanol–water partition coefficient (Wildman–Crippen LogP) is 2.33. The molecule has 1 unspecified atom stereocenters. The fourth-order valence-electron chi connectivity index (χ4n) is 1.75. The first-order chi connectivity index (χ1) is 9.49. The molecule has 1 atom stereocenters. The third kappa shape index (κ3) is 3.18. The van der Waals surface area contributed by atoms with Gasteiger partial charge in [0.2, 0.25) is 5.91 Å². The molecule has 0 saturated carbocycles. The van der Waals surface area contributed by atoms with Gasteiger partial charge in [-0.15, -0.1) is 0 Å². The van der Waals surface area contributed by atoms with Crippen molar-refractivity contribution < 1.29 is 9.00 Å². The standard InChI is InChI=1S/C14H13ClN2O2S/c15-11-2-1-3-12(16)13(11)20(19)8-9-4-6-10(7-5-9)14(17)18/h1-7H,8,16H2,(H2,17,18). The Labute approximate surface area is 124 Å². The zero-order valence-corrected chi connectivity index (χ0v) is 12.1. The van der Waals surface area contributed by atoms with Crippen LogP contribution in [0.5, 0.6) is 0 Å². The number of nitrogen functional groups attached to an aromatic ring is 1. The minimum absolute atomic E-state index is 0.271. The van der Waals surface area contributed by atoms with E-state index in [1.165, 1.54) is 0 Å². The number of hydrogen-bond donors (Lipinski definition) is 2. The molecule has 6 heteroatoms. The molecular weight excluding hydrogens is 296 g/mol. The summed E-state index contributed by atoms with van der Waals surface area (Å²) in [7, 11) is -1.35. The monoisotopic (exact) mass is 308 g/mol. The number of hydrogen-bond acceptors (Lipinski definition) is 3. The Morgan fingerprint density at radius 2 is 1.80 bits per heavy atom. The largest absolute Gasteiger partial charge is 0.398 e. The highest BCUT2D eigenvalue weighted by molar-refractivity contribution is 7.84. The Hall–Kier alpha value is -1.85. The number of nitrogens with two attached hydrogens (primary N) is 2. The minimum atomic E-state index is -1.35. The van der Waals surface area contributed by atoms with Crippen LogP contribution in [-0.4, -0.2) is 10.1 Å². The van der Waals surface area contributed by atoms with Gasteiger partial charge in [-0.1, -0.05) is 29.8 Å². The molecule has 2 rings (SSSR count). The number of primary amides is 1. The lowest BCUT2D eigenvalue weighted by Gasteiger charge is -2.08. The van der Waals surface area contributed by atoms with E-state index in [1.54, 1.807) is 42.5 Å². The summed E-state index contributed by atoms with van der Waals surface area (Å²) in [6, 6.07) is 11.7. The number of carbonyl (C=O) groups excluding carboxylic acids is 1. The van der Waals surface area contributed by atoms with Gasteiger partial charge in [-0.3, -0.25) is 9.00 Å². The third-order valence-electron chi connectivity index (χ3n) is 2.76. The second-order valence-corrected chi connectivity index (χ2v) is 6.00. The van der Waals surface area contributed by atoms with E-state index in [9.17, 15) is 9.00 Å². The lowest BCUT2D eigenvalue weighted by molar-refractivity contribution is 0.100. The van der Waals surface area contributed by atoms with Gasteiger partial charge in [0.25, 0.3) is 0 Å². The molecule has 0 aromatic heterocycles. The minimum Gasteiger partial charge on any atom is -0.398 e. The van der Waals surface area contributed by atoms with Crippen LogP contribution in [0, 0.1) is 0 Å². The maximum Gasteiger partial charge on any atom is 0.248 e. The zero-order chi connectivity index (χ0) is 14.7. The summed E-state index contributed by atoms with van der Waals surface area (Å²) < 4.78 is 12.3. The first kappa shape index (κ1) is 14.6. The van der Waals surface area contributed by atoms with Crippen molar-refractivity contribution >= 4 is 34.0 Å². The Balaban J connectivity index is 2.21. The van der Waals surface area contributed by atoms with E-state index in [0.29, 0.717) is 21.2 Å². The smallest absolute Gasteiger partial charge is 0.248 e. The molecule has 0 spiro atoms. The lowest BCUT2D eigenvalue weighted by Crippen LogP contribution is -2.10. The molecule has 0 aliphatic heterocycles. The van der Waals surface area contributed by atoms with Crippen molar-refractivity contribution in [3.05, 3.63) is 58.6 Å². The first-order valence-electron chi connectivity index (χ1n) is 5.80. The van der Waals surface area contributed by atoms with Crippen LogP contribution in [0.2, 0.25) is 5.02 Å². The molecule has 2 aromatic carbocycles. The summed E-state index contributed by atoms with van der Waals surface area (Å²) >= 11 is 6.02. The van der Waals surface area contributed by atoms with Crippen LogP contribution in [0.3, 0.4) is 0 Å². The second-order valence-electron chi connectivity index (χ2n) is 4.21. The molecule has 4 N–H and O–H groups in total. The second kappa shape index (κ2) is 6.07. The maximum absolute atomic E-state index is 12.3. The zero-order valence-electron chi connectivity index (χ0n) is 10.5. The number of amides is 1. The maximum atomic E-state index is 12.3. The number of rotatable bonds is 4. The Morgan fingerprint density at radius 3 is 2.35 bits per heavy atom. The van der Waals surface area contributed by atoms with Crippen molar-refractivity contribution in [2.45, 2.75) is 10.6 Å². The molecule has 0 fully saturated rings. The fraction of sp³-hybridized carbons (Fsp3) is 0.0714. The number of anilines is 1. The van der Waals surface area contributed by atoms with Gasteiger partial charge in [0, 0.05) is 11.3 Å². The van der Waals surface area contributed by atoms with Crippen LogP contribution in [0.1, 0.15) is 15.9 Å². The summed E-state index contributed by atoms with van der Waals surface area (Å²) in [5.74, 6) is -0.222. The summed E-state index contributed by atoms with van der Waals surface area (Å²) in [6.07, 6.45) is 0. The van der Waals surface area contributed by atoms with Gasteiger partial charge >= 0.3 is 0 Å². The van der Waals surface area contributed by atoms with Crippen LogP contribution < -0.4 is 11.5 Å². The normalized spacial score (nSPS) is 12.1. The van der Waals surface area contributed by atoms with Crippen molar-refractivity contribution in [3.63, 3.8) is 0 Å². The average Bonchev–Trinajstić information content (AvgIpc) is 2.39. The van der Waals surface area contributed by atoms with E-state index in [2.05, 4.69) is 0 Å². The van der Waals surface area contributed by atoms with Gasteiger partial charge in [0.05, 0.1) is 26.5 Å². The van der Waals surface area contributed by atoms with Crippen LogP contribution in [0.4, 0.5) is 5.69 Å². The van der Waals surface area contributed by atoms with Crippen molar-refractivity contribution in [2.75, 3.05) is 5.73 Å². The van der Waals surface area contributed by atoms with Crippen LogP contribution in [-0.2, 0) is 16.6 Å². The Morgan fingerprint density at radius 1 is 1.15 bits per heavy atom. The van der Waals surface area contributed by atoms with Gasteiger partial charge in [0.15, 0.2) is 0 Å². The molecular formula is C14H13ClN2O2S. The number of benzene rings is 2. The Bertz CT molecular complexity index is 651. The van der Waals surface area contributed by atoms with Crippen LogP contribution in [0.25, 0.3) is 0 Å². The van der Waals surface area contributed by atoms with E-state index < -0.39 is 16.7 Å². The molecule has 0 aliphatic carbocycles. The lowest BCUT2D eigenvalue weighted by atomic mass is 10.1. The molecule has 1 amide bonds. The van der Waals surface area contributed by atoms with Crippen molar-refractivity contribution in [1.82, 2.24) is 0 Å². The topological polar surface area (TPSA) is 86.2 Å². The highest BCUT2D eigenvalue weighted by atomic mass is 35.5. The molecule has 0 radical (unpaired) electrons. The summed E-state index contributed by atoms with van der Waals surface area (Å²) in [5.41, 5.74) is 12.6. The van der Waals surface area contributed by atoms with Gasteiger partial charge in [-0.25, -0.2) is 0 Å². The first-order valence-corrected chi connectivity index (χ1v) is 7.50. The quantitative estimate of drug-likeness (QED) is 0.850.